The zero-order valence-corrected chi connectivity index (χ0v) is 48.9. The Morgan fingerprint density at radius 3 is 0.604 bits per heavy atom. The van der Waals surface area contributed by atoms with E-state index < -0.39 is 0 Å². The zero-order valence-electron chi connectivity index (χ0n) is 48.9. The number of pyridine rings is 4. The molecular formula is C80H52N10O. The van der Waals surface area contributed by atoms with Gasteiger partial charge in [-0.1, -0.05) is 170 Å². The number of para-hydroxylation sites is 8. The lowest BCUT2D eigenvalue weighted by Crippen LogP contribution is -2.15. The molecule has 0 atom stereocenters. The Morgan fingerprint density at radius 1 is 0.198 bits per heavy atom. The number of ether oxygens (including phenoxy) is 1. The van der Waals surface area contributed by atoms with E-state index >= 15 is 0 Å². The van der Waals surface area contributed by atoms with Gasteiger partial charge in [0, 0.05) is 54.5 Å². The van der Waals surface area contributed by atoms with E-state index in [2.05, 4.69) is 295 Å². The van der Waals surface area contributed by atoms with E-state index in [1.807, 2.05) is 48.5 Å². The summed E-state index contributed by atoms with van der Waals surface area (Å²) in [6.45, 7) is 0. The Hall–Kier alpha value is -12.6. The van der Waals surface area contributed by atoms with Crippen molar-refractivity contribution in [1.82, 2.24) is 38.2 Å². The van der Waals surface area contributed by atoms with E-state index in [0.29, 0.717) is 34.8 Å². The molecule has 0 saturated heterocycles. The topological polar surface area (TPSA) is 87.0 Å². The number of hydrogen-bond acceptors (Lipinski definition) is 7. The van der Waals surface area contributed by atoms with Crippen LogP contribution in [0.5, 0.6) is 11.5 Å². The SMILES string of the molecule is c1cc(N(c2ccc(Oc3ccc(N(c4cccc(-n5c6ccccc6c6ccccc65)n4)c4cccc(-n5c6ccccc6c6ccccc65)n4)cc3)cc2)c2cccc(-n3c4ccccc4c4ccccc43)n2)nc(-n2c3ccccc3c3ccccc32)c1. The van der Waals surface area contributed by atoms with Gasteiger partial charge in [-0.05, 0) is 146 Å². The predicted molar refractivity (Wildman–Crippen MR) is 371 cm³/mol. The molecule has 91 heavy (non-hydrogen) atoms. The number of benzene rings is 10. The molecule has 0 saturated carbocycles. The molecule has 0 bridgehead atoms. The maximum atomic E-state index is 6.76. The van der Waals surface area contributed by atoms with Gasteiger partial charge in [-0.25, -0.2) is 19.9 Å². The minimum absolute atomic E-state index is 0.661. The van der Waals surface area contributed by atoms with Crippen molar-refractivity contribution < 1.29 is 4.74 Å². The predicted octanol–water partition coefficient (Wildman–Crippen LogP) is 20.4. The molecule has 8 aromatic heterocycles. The van der Waals surface area contributed by atoms with Gasteiger partial charge in [0.2, 0.25) is 0 Å². The third-order valence-electron chi connectivity index (χ3n) is 17.5. The molecule has 0 aliphatic heterocycles. The van der Waals surface area contributed by atoms with Crippen LogP contribution in [-0.4, -0.2) is 38.2 Å². The summed E-state index contributed by atoms with van der Waals surface area (Å²) in [6.07, 6.45) is 0. The molecule has 0 spiro atoms. The van der Waals surface area contributed by atoms with E-state index in [0.717, 1.165) is 78.8 Å². The van der Waals surface area contributed by atoms with Crippen LogP contribution in [0.15, 0.2) is 315 Å². The van der Waals surface area contributed by atoms with Crippen molar-refractivity contribution in [3.63, 3.8) is 0 Å². The average Bonchev–Trinajstić information content (AvgIpc) is 2.47. The summed E-state index contributed by atoms with van der Waals surface area (Å²) < 4.78 is 15.7. The average molecular weight is 1170 g/mol. The van der Waals surface area contributed by atoms with Crippen molar-refractivity contribution in [2.75, 3.05) is 9.80 Å². The fraction of sp³-hybridized carbons (Fsp3) is 0. The second kappa shape index (κ2) is 21.1. The van der Waals surface area contributed by atoms with Gasteiger partial charge in [-0.15, -0.1) is 0 Å². The van der Waals surface area contributed by atoms with Crippen LogP contribution in [0, 0.1) is 0 Å². The maximum Gasteiger partial charge on any atom is 0.141 e. The second-order valence-corrected chi connectivity index (χ2v) is 22.7. The molecule has 18 rings (SSSR count). The first-order chi connectivity index (χ1) is 45.1. The Balaban J connectivity index is 0.725. The van der Waals surface area contributed by atoms with Crippen LogP contribution < -0.4 is 14.5 Å². The summed E-state index contributed by atoms with van der Waals surface area (Å²) >= 11 is 0. The Bertz CT molecular complexity index is 4970. The van der Waals surface area contributed by atoms with Gasteiger partial charge in [0.1, 0.15) is 58.0 Å². The van der Waals surface area contributed by atoms with Crippen molar-refractivity contribution in [1.29, 1.82) is 0 Å². The highest BCUT2D eigenvalue weighted by Gasteiger charge is 2.24. The Morgan fingerprint density at radius 2 is 0.396 bits per heavy atom. The quantitative estimate of drug-likeness (QED) is 0.120. The normalized spacial score (nSPS) is 11.7. The Kier molecular flexibility index (Phi) is 12.0. The van der Waals surface area contributed by atoms with E-state index in [1.54, 1.807) is 0 Å². The number of nitrogens with zero attached hydrogens (tertiary/aromatic N) is 10. The maximum absolute atomic E-state index is 6.76. The van der Waals surface area contributed by atoms with Gasteiger partial charge in [0.25, 0.3) is 0 Å². The van der Waals surface area contributed by atoms with Crippen LogP contribution in [-0.2, 0) is 0 Å². The monoisotopic (exact) mass is 1170 g/mol. The third kappa shape index (κ3) is 8.51. The lowest BCUT2D eigenvalue weighted by atomic mass is 10.2. The van der Waals surface area contributed by atoms with Crippen LogP contribution in [0.2, 0.25) is 0 Å². The highest BCUT2D eigenvalue weighted by Crippen LogP contribution is 2.42. The molecular weight excluding hydrogens is 1120 g/mol. The van der Waals surface area contributed by atoms with E-state index in [9.17, 15) is 0 Å². The third-order valence-corrected chi connectivity index (χ3v) is 17.5. The van der Waals surface area contributed by atoms with Gasteiger partial charge < -0.3 is 4.74 Å². The van der Waals surface area contributed by atoms with Crippen molar-refractivity contribution >= 4 is 122 Å². The van der Waals surface area contributed by atoms with E-state index in [1.165, 1.54) is 43.1 Å². The van der Waals surface area contributed by atoms with Gasteiger partial charge in [0.15, 0.2) is 0 Å². The Labute approximate surface area is 522 Å². The molecule has 8 heterocycles. The van der Waals surface area contributed by atoms with Crippen LogP contribution in [0.1, 0.15) is 0 Å². The number of anilines is 6. The second-order valence-electron chi connectivity index (χ2n) is 22.7. The van der Waals surface area contributed by atoms with Crippen molar-refractivity contribution in [3.05, 3.63) is 315 Å². The molecule has 0 amide bonds. The molecule has 0 fully saturated rings. The molecule has 0 aliphatic rings. The van der Waals surface area contributed by atoms with E-state index in [-0.39, 0.29) is 0 Å². The summed E-state index contributed by atoms with van der Waals surface area (Å²) in [5, 5.41) is 9.35. The number of fused-ring (bicyclic) bond motifs is 12. The first-order valence-corrected chi connectivity index (χ1v) is 30.5. The molecule has 0 radical (unpaired) electrons. The standard InChI is InChI=1S/C80H52N10O/c1-9-29-65-57(21-1)58-22-2-10-30-66(58)87(65)77-41-17-37-73(81-77)85(74-38-18-42-78(82-74)88-67-31-11-3-23-59(67)60-24-4-12-32-68(60)88)53-45-49-55(50-46-53)91-56-51-47-54(48-52-56)86(75-39-19-43-79(83-75)89-69-33-13-5-25-61(69)62-26-6-14-34-70(62)89)76-40-20-44-80(84-76)90-71-35-15-7-27-63(71)64-28-8-16-36-72(64)90/h1-52H. The number of aromatic nitrogens is 8. The highest BCUT2D eigenvalue weighted by atomic mass is 16.5. The fourth-order valence-corrected chi connectivity index (χ4v) is 13.5. The van der Waals surface area contributed by atoms with Gasteiger partial charge in [-0.2, -0.15) is 0 Å². The lowest BCUT2D eigenvalue weighted by molar-refractivity contribution is 0.483. The van der Waals surface area contributed by atoms with Crippen molar-refractivity contribution in [2.24, 2.45) is 0 Å². The molecule has 11 nitrogen and oxygen atoms in total. The molecule has 0 unspecified atom stereocenters. The first-order valence-electron chi connectivity index (χ1n) is 30.5. The van der Waals surface area contributed by atoms with Gasteiger partial charge in [-0.3, -0.25) is 28.1 Å². The summed E-state index contributed by atoms with van der Waals surface area (Å²) in [5.74, 6) is 7.28. The fourth-order valence-electron chi connectivity index (χ4n) is 13.5. The minimum Gasteiger partial charge on any atom is -0.457 e. The van der Waals surface area contributed by atoms with Crippen LogP contribution in [0.4, 0.5) is 34.6 Å². The number of rotatable bonds is 12. The summed E-state index contributed by atoms with van der Waals surface area (Å²) in [5.41, 5.74) is 10.3. The van der Waals surface area contributed by atoms with Crippen LogP contribution in [0.3, 0.4) is 0 Å². The number of hydrogen-bond donors (Lipinski definition) is 0. The minimum atomic E-state index is 0.661. The summed E-state index contributed by atoms with van der Waals surface area (Å²) in [6, 6.07) is 109. The zero-order chi connectivity index (χ0) is 59.9. The molecule has 0 aliphatic carbocycles. The first kappa shape index (κ1) is 51.6. The van der Waals surface area contributed by atoms with Crippen LogP contribution >= 0.6 is 0 Å². The highest BCUT2D eigenvalue weighted by molar-refractivity contribution is 6.12. The van der Waals surface area contributed by atoms with Gasteiger partial charge >= 0.3 is 0 Å². The molecule has 18 aromatic rings. The molecule has 0 N–H and O–H groups in total. The summed E-state index contributed by atoms with van der Waals surface area (Å²) in [7, 11) is 0. The van der Waals surface area contributed by atoms with Crippen molar-refractivity contribution in [2.45, 2.75) is 0 Å². The van der Waals surface area contributed by atoms with Crippen molar-refractivity contribution in [3.8, 4) is 34.8 Å². The largest absolute Gasteiger partial charge is 0.457 e. The van der Waals surface area contributed by atoms with Crippen LogP contribution in [0.25, 0.3) is 110 Å². The van der Waals surface area contributed by atoms with Gasteiger partial charge in [0.05, 0.1) is 44.1 Å². The summed E-state index contributed by atoms with van der Waals surface area (Å²) in [4.78, 5) is 26.2. The molecule has 11 heteroatoms. The van der Waals surface area contributed by atoms with E-state index in [4.69, 9.17) is 24.7 Å². The smallest absolute Gasteiger partial charge is 0.141 e. The molecule has 10 aromatic carbocycles. The lowest BCUT2D eigenvalue weighted by Gasteiger charge is -2.25. The molecule has 428 valence electrons.